The quantitative estimate of drug-likeness (QED) is 0.513. The fourth-order valence-electron chi connectivity index (χ4n) is 4.59. The van der Waals surface area contributed by atoms with E-state index in [0.29, 0.717) is 6.61 Å². The molecule has 0 amide bonds. The Morgan fingerprint density at radius 3 is 2.62 bits per heavy atom. The van der Waals surface area contributed by atoms with Gasteiger partial charge in [-0.2, -0.15) is 0 Å². The first-order chi connectivity index (χ1) is 15.5. The molecule has 174 valence electrons. The van der Waals surface area contributed by atoms with E-state index in [2.05, 4.69) is 0 Å². The molecule has 9 heteroatoms. The van der Waals surface area contributed by atoms with E-state index in [1.54, 1.807) is 11.3 Å². The average molecular weight is 481 g/mol. The minimum absolute atomic E-state index is 0.155. The van der Waals surface area contributed by atoms with Crippen molar-refractivity contribution in [3.63, 3.8) is 0 Å². The van der Waals surface area contributed by atoms with Crippen LogP contribution in [0.5, 0.6) is 5.75 Å². The van der Waals surface area contributed by atoms with Crippen molar-refractivity contribution < 1.29 is 34.6 Å². The van der Waals surface area contributed by atoms with Crippen molar-refractivity contribution in [3.8, 4) is 5.75 Å². The van der Waals surface area contributed by atoms with Crippen LogP contribution in [0.2, 0.25) is 0 Å². The van der Waals surface area contributed by atoms with Crippen LogP contribution in [0.25, 0.3) is 0 Å². The minimum atomic E-state index is -1.39. The SMILES string of the molecule is OC[C@H]1S[C@]2(OCCc3sc(Cc4ccc(OC5CCCO5)cc4)cc32)[C@H](O)[C@@H](O)[C@@H]1O. The molecule has 3 aliphatic heterocycles. The second kappa shape index (κ2) is 9.23. The highest BCUT2D eigenvalue weighted by atomic mass is 32.2. The molecule has 3 aliphatic rings. The molecule has 4 N–H and O–H groups in total. The molecule has 1 aromatic heterocycles. The Hall–Kier alpha value is -1.17. The van der Waals surface area contributed by atoms with Crippen molar-refractivity contribution in [1.29, 1.82) is 0 Å². The first-order valence-corrected chi connectivity index (χ1v) is 12.7. The Morgan fingerprint density at radius 1 is 1.09 bits per heavy atom. The third-order valence-electron chi connectivity index (χ3n) is 6.29. The summed E-state index contributed by atoms with van der Waals surface area (Å²) in [6, 6.07) is 10.0. The fourth-order valence-corrected chi connectivity index (χ4v) is 7.45. The van der Waals surface area contributed by atoms with Crippen LogP contribution in [0.1, 0.15) is 33.7 Å². The van der Waals surface area contributed by atoms with E-state index < -0.39 is 28.5 Å². The maximum atomic E-state index is 10.9. The van der Waals surface area contributed by atoms with Gasteiger partial charge in [0.15, 0.2) is 11.2 Å². The van der Waals surface area contributed by atoms with E-state index in [0.717, 1.165) is 58.9 Å². The third-order valence-corrected chi connectivity index (χ3v) is 9.14. The summed E-state index contributed by atoms with van der Waals surface area (Å²) in [5, 5.41) is 40.6. The van der Waals surface area contributed by atoms with E-state index in [9.17, 15) is 20.4 Å². The van der Waals surface area contributed by atoms with E-state index in [-0.39, 0.29) is 12.9 Å². The summed E-state index contributed by atoms with van der Waals surface area (Å²) in [5.74, 6) is 0.794. The molecule has 0 aliphatic carbocycles. The van der Waals surface area contributed by atoms with Crippen LogP contribution >= 0.6 is 23.1 Å². The van der Waals surface area contributed by atoms with Gasteiger partial charge in [0.05, 0.1) is 31.2 Å². The van der Waals surface area contributed by atoms with Crippen LogP contribution in [-0.2, 0) is 27.2 Å². The Kier molecular flexibility index (Phi) is 6.52. The second-order valence-corrected chi connectivity index (χ2v) is 11.1. The van der Waals surface area contributed by atoms with Gasteiger partial charge >= 0.3 is 0 Å². The van der Waals surface area contributed by atoms with Gasteiger partial charge in [-0.05, 0) is 30.2 Å². The molecular weight excluding hydrogens is 452 g/mol. The summed E-state index contributed by atoms with van der Waals surface area (Å²) in [5.41, 5.74) is 1.97. The van der Waals surface area contributed by atoms with E-state index in [1.807, 2.05) is 30.3 Å². The largest absolute Gasteiger partial charge is 0.465 e. The predicted molar refractivity (Wildman–Crippen MR) is 121 cm³/mol. The average Bonchev–Trinajstić information content (AvgIpc) is 3.46. The Labute approximate surface area is 194 Å². The molecule has 0 saturated carbocycles. The number of rotatable bonds is 5. The lowest BCUT2D eigenvalue weighted by Crippen LogP contribution is -2.60. The maximum absolute atomic E-state index is 10.9. The fraction of sp³-hybridized carbons (Fsp3) is 0.565. The Balaban J connectivity index is 1.35. The maximum Gasteiger partial charge on any atom is 0.199 e. The van der Waals surface area contributed by atoms with E-state index in [1.165, 1.54) is 11.8 Å². The third kappa shape index (κ3) is 4.10. The van der Waals surface area contributed by atoms with Crippen molar-refractivity contribution in [2.45, 2.75) is 60.5 Å². The van der Waals surface area contributed by atoms with Gasteiger partial charge in [0.25, 0.3) is 0 Å². The van der Waals surface area contributed by atoms with Crippen molar-refractivity contribution in [2.24, 2.45) is 0 Å². The van der Waals surface area contributed by atoms with Gasteiger partial charge in [0.2, 0.25) is 0 Å². The van der Waals surface area contributed by atoms with Crippen LogP contribution in [-0.4, -0.2) is 70.1 Å². The van der Waals surface area contributed by atoms with Gasteiger partial charge in [-0.15, -0.1) is 23.1 Å². The topological polar surface area (TPSA) is 109 Å². The van der Waals surface area contributed by atoms with Crippen molar-refractivity contribution in [3.05, 3.63) is 51.2 Å². The van der Waals surface area contributed by atoms with Crippen LogP contribution in [0, 0.1) is 0 Å². The zero-order valence-corrected chi connectivity index (χ0v) is 19.2. The molecule has 1 spiro atoms. The first-order valence-electron chi connectivity index (χ1n) is 11.0. The zero-order chi connectivity index (χ0) is 22.3. The molecule has 1 aromatic carbocycles. The molecular formula is C23H28O7S2. The number of thiophene rings is 1. The molecule has 6 atom stereocenters. The smallest absolute Gasteiger partial charge is 0.199 e. The van der Waals surface area contributed by atoms with Crippen LogP contribution < -0.4 is 4.74 Å². The number of thioether (sulfide) groups is 1. The van der Waals surface area contributed by atoms with Crippen LogP contribution in [0.15, 0.2) is 30.3 Å². The molecule has 0 bridgehead atoms. The van der Waals surface area contributed by atoms with Gasteiger partial charge in [-0.1, -0.05) is 12.1 Å². The highest BCUT2D eigenvalue weighted by Crippen LogP contribution is 2.53. The normalized spacial score (nSPS) is 34.6. The lowest BCUT2D eigenvalue weighted by molar-refractivity contribution is -0.155. The van der Waals surface area contributed by atoms with Crippen molar-refractivity contribution in [2.75, 3.05) is 19.8 Å². The summed E-state index contributed by atoms with van der Waals surface area (Å²) in [7, 11) is 0. The minimum Gasteiger partial charge on any atom is -0.465 e. The summed E-state index contributed by atoms with van der Waals surface area (Å²) in [6.45, 7) is 0.847. The zero-order valence-electron chi connectivity index (χ0n) is 17.6. The van der Waals surface area contributed by atoms with Gasteiger partial charge in [-0.25, -0.2) is 0 Å². The summed E-state index contributed by atoms with van der Waals surface area (Å²) < 4.78 is 17.4. The van der Waals surface area contributed by atoms with Gasteiger partial charge in [0.1, 0.15) is 18.0 Å². The number of benzene rings is 1. The molecule has 2 fully saturated rings. The van der Waals surface area contributed by atoms with Gasteiger partial charge in [0, 0.05) is 34.6 Å². The monoisotopic (exact) mass is 480 g/mol. The van der Waals surface area contributed by atoms with Gasteiger partial charge in [-0.3, -0.25) is 0 Å². The Bertz CT molecular complexity index is 925. The number of ether oxygens (including phenoxy) is 3. The molecule has 4 heterocycles. The highest BCUT2D eigenvalue weighted by Gasteiger charge is 2.57. The van der Waals surface area contributed by atoms with Crippen molar-refractivity contribution >= 4 is 23.1 Å². The highest BCUT2D eigenvalue weighted by molar-refractivity contribution is 8.00. The molecule has 1 unspecified atom stereocenters. The van der Waals surface area contributed by atoms with Crippen LogP contribution in [0.3, 0.4) is 0 Å². The predicted octanol–water partition coefficient (Wildman–Crippen LogP) is 1.77. The van der Waals surface area contributed by atoms with E-state index in [4.69, 9.17) is 14.2 Å². The molecule has 5 rings (SSSR count). The number of fused-ring (bicyclic) bond motifs is 2. The second-order valence-electron chi connectivity index (χ2n) is 8.46. The van der Waals surface area contributed by atoms with Crippen molar-refractivity contribution in [1.82, 2.24) is 0 Å². The lowest BCUT2D eigenvalue weighted by Gasteiger charge is -2.49. The first kappa shape index (κ1) is 22.6. The standard InChI is InChI=1S/C23H28O7S2/c24-12-18-20(25)21(26)22(27)23(32-18)16-11-15(31-17(16)7-9-29-23)10-13-3-5-14(6-4-13)30-19-2-1-8-28-19/h3-6,11,18-22,24-27H,1-2,7-10,12H2/t18-,19?,20-,21+,22-,23+/m1/s1. The molecule has 7 nitrogen and oxygen atoms in total. The number of aliphatic hydroxyl groups excluding tert-OH is 4. The summed E-state index contributed by atoms with van der Waals surface area (Å²) in [6.07, 6.45) is -0.655. The summed E-state index contributed by atoms with van der Waals surface area (Å²) >= 11 is 2.88. The number of hydrogen-bond acceptors (Lipinski definition) is 9. The summed E-state index contributed by atoms with van der Waals surface area (Å²) in [4.78, 5) is 1.05. The number of hydrogen-bond donors (Lipinski definition) is 4. The molecule has 32 heavy (non-hydrogen) atoms. The Morgan fingerprint density at radius 2 is 1.91 bits per heavy atom. The molecule has 2 saturated heterocycles. The van der Waals surface area contributed by atoms with E-state index >= 15 is 0 Å². The lowest BCUT2D eigenvalue weighted by atomic mass is 9.92. The molecule has 2 aromatic rings. The molecule has 0 radical (unpaired) electrons. The number of aliphatic hydroxyl groups is 4. The van der Waals surface area contributed by atoms with Gasteiger partial charge < -0.3 is 34.6 Å². The van der Waals surface area contributed by atoms with Crippen LogP contribution in [0.4, 0.5) is 0 Å².